The summed E-state index contributed by atoms with van der Waals surface area (Å²) in [7, 11) is -4.22. The summed E-state index contributed by atoms with van der Waals surface area (Å²) < 4.78 is 49.1. The highest BCUT2D eigenvalue weighted by Crippen LogP contribution is 2.35. The number of ether oxygens (including phenoxy) is 3. The first kappa shape index (κ1) is 21.7. The van der Waals surface area contributed by atoms with E-state index in [0.717, 1.165) is 0 Å². The van der Waals surface area contributed by atoms with Crippen LogP contribution in [0.2, 0.25) is 0 Å². The first-order valence-electron chi connectivity index (χ1n) is 9.84. The fraction of sp³-hybridized carbons (Fsp3) is 0.273. The van der Waals surface area contributed by atoms with Gasteiger partial charge in [-0.3, -0.25) is 0 Å². The molecule has 0 aliphatic carbocycles. The van der Waals surface area contributed by atoms with Crippen molar-refractivity contribution in [3.05, 3.63) is 54.9 Å². The second-order valence-corrected chi connectivity index (χ2v) is 9.81. The summed E-state index contributed by atoms with van der Waals surface area (Å²) in [5.74, 6) is 1.28. The van der Waals surface area contributed by atoms with Gasteiger partial charge in [0.2, 0.25) is 5.89 Å². The van der Waals surface area contributed by atoms with Crippen molar-refractivity contribution in [1.82, 2.24) is 9.29 Å². The minimum Gasteiger partial charge on any atom is -0.490 e. The number of nitrogens with zero attached hydrogens (tertiary/aromatic N) is 2. The van der Waals surface area contributed by atoms with E-state index in [2.05, 4.69) is 4.98 Å². The van der Waals surface area contributed by atoms with Crippen LogP contribution in [0.5, 0.6) is 17.2 Å². The maximum absolute atomic E-state index is 13.2. The number of hydrogen-bond acceptors (Lipinski definition) is 8. The average Bonchev–Trinajstić information content (AvgIpc) is 3.21. The number of oxazole rings is 1. The lowest BCUT2D eigenvalue weighted by Crippen LogP contribution is -2.41. The van der Waals surface area contributed by atoms with Gasteiger partial charge in [-0.05, 0) is 51.1 Å². The molecule has 9 nitrogen and oxygen atoms in total. The monoisotopic (exact) mass is 458 g/mol. The minimum absolute atomic E-state index is 0.00384. The van der Waals surface area contributed by atoms with E-state index in [1.54, 1.807) is 45.0 Å². The number of carbonyl (C=O) groups is 1. The zero-order valence-corrected chi connectivity index (χ0v) is 18.6. The lowest BCUT2D eigenvalue weighted by Gasteiger charge is -2.25. The van der Waals surface area contributed by atoms with Gasteiger partial charge in [0.1, 0.15) is 40.6 Å². The van der Waals surface area contributed by atoms with E-state index >= 15 is 0 Å². The predicted octanol–water partition coefficient (Wildman–Crippen LogP) is 4.45. The zero-order chi connectivity index (χ0) is 22.9. The molecule has 1 aliphatic rings. The third-order valence-electron chi connectivity index (χ3n) is 4.38. The van der Waals surface area contributed by atoms with Crippen molar-refractivity contribution in [1.29, 1.82) is 0 Å². The lowest BCUT2D eigenvalue weighted by atomic mass is 10.2. The molecule has 10 heteroatoms. The van der Waals surface area contributed by atoms with Crippen LogP contribution in [0.15, 0.2) is 64.2 Å². The number of fused-ring (bicyclic) bond motifs is 1. The first-order valence-corrected chi connectivity index (χ1v) is 11.3. The molecule has 1 aliphatic heterocycles. The van der Waals surface area contributed by atoms with Crippen LogP contribution in [0.1, 0.15) is 20.8 Å². The van der Waals surface area contributed by atoms with E-state index in [0.29, 0.717) is 21.5 Å². The lowest BCUT2D eigenvalue weighted by molar-refractivity contribution is 0.0381. The molecule has 0 fully saturated rings. The molecule has 0 unspecified atom stereocenters. The third-order valence-corrected chi connectivity index (χ3v) is 6.17. The van der Waals surface area contributed by atoms with Gasteiger partial charge < -0.3 is 18.6 Å². The first-order chi connectivity index (χ1) is 15.1. The summed E-state index contributed by atoms with van der Waals surface area (Å²) >= 11 is 0. The third kappa shape index (κ3) is 4.54. The van der Waals surface area contributed by atoms with Crippen LogP contribution in [-0.4, -0.2) is 42.6 Å². The van der Waals surface area contributed by atoms with Crippen molar-refractivity contribution < 1.29 is 31.8 Å². The Hall–Kier alpha value is -3.53. The highest BCUT2D eigenvalue weighted by atomic mass is 32.2. The van der Waals surface area contributed by atoms with Gasteiger partial charge in [-0.1, -0.05) is 6.07 Å². The Kier molecular flexibility index (Phi) is 5.55. The molecule has 1 amide bonds. The van der Waals surface area contributed by atoms with Gasteiger partial charge >= 0.3 is 6.09 Å². The molecule has 2 aromatic carbocycles. The van der Waals surface area contributed by atoms with Crippen molar-refractivity contribution in [3.63, 3.8) is 0 Å². The molecular weight excluding hydrogens is 436 g/mol. The van der Waals surface area contributed by atoms with Gasteiger partial charge in [0.15, 0.2) is 0 Å². The molecular formula is C22H22N2O7S. The van der Waals surface area contributed by atoms with Crippen LogP contribution in [0.4, 0.5) is 4.79 Å². The summed E-state index contributed by atoms with van der Waals surface area (Å²) in [5.41, 5.74) is -0.143. The summed E-state index contributed by atoms with van der Waals surface area (Å²) in [6.07, 6.45) is 2.05. The summed E-state index contributed by atoms with van der Waals surface area (Å²) in [6, 6.07) is 11.4. The Balaban J connectivity index is 1.64. The van der Waals surface area contributed by atoms with Crippen LogP contribution in [0.25, 0.3) is 11.5 Å². The summed E-state index contributed by atoms with van der Waals surface area (Å²) in [4.78, 5) is 16.5. The van der Waals surface area contributed by atoms with E-state index in [1.807, 2.05) is 6.07 Å². The van der Waals surface area contributed by atoms with Gasteiger partial charge in [0.05, 0.1) is 12.7 Å². The summed E-state index contributed by atoms with van der Waals surface area (Å²) in [6.45, 7) is 4.83. The Morgan fingerprint density at radius 1 is 1.12 bits per heavy atom. The molecule has 32 heavy (non-hydrogen) atoms. The van der Waals surface area contributed by atoms with Gasteiger partial charge in [0, 0.05) is 11.6 Å². The molecule has 3 aromatic rings. The molecule has 0 atom stereocenters. The molecule has 0 spiro atoms. The van der Waals surface area contributed by atoms with Gasteiger partial charge in [-0.2, -0.15) is 4.31 Å². The maximum Gasteiger partial charge on any atom is 0.424 e. The normalized spacial score (nSPS) is 15.3. The largest absolute Gasteiger partial charge is 0.490 e. The predicted molar refractivity (Wildman–Crippen MR) is 114 cm³/mol. The Morgan fingerprint density at radius 2 is 1.91 bits per heavy atom. The van der Waals surface area contributed by atoms with Crippen molar-refractivity contribution >= 4 is 16.1 Å². The summed E-state index contributed by atoms with van der Waals surface area (Å²) in [5, 5.41) is 0. The Bertz CT molecular complexity index is 1230. The molecule has 4 rings (SSSR count). The smallest absolute Gasteiger partial charge is 0.424 e. The molecule has 0 N–H and O–H groups in total. The zero-order valence-electron chi connectivity index (χ0n) is 17.8. The average molecular weight is 458 g/mol. The quantitative estimate of drug-likeness (QED) is 0.566. The molecule has 0 radical (unpaired) electrons. The number of hydrogen-bond donors (Lipinski definition) is 0. The number of aromatic nitrogens is 1. The highest BCUT2D eigenvalue weighted by molar-refractivity contribution is 7.89. The van der Waals surface area contributed by atoms with E-state index in [1.165, 1.54) is 24.6 Å². The number of sulfonamides is 1. The van der Waals surface area contributed by atoms with E-state index in [-0.39, 0.29) is 29.5 Å². The van der Waals surface area contributed by atoms with Crippen LogP contribution >= 0.6 is 0 Å². The molecule has 0 saturated carbocycles. The second kappa shape index (κ2) is 8.19. The number of carbonyl (C=O) groups excluding carboxylic acids is 1. The van der Waals surface area contributed by atoms with E-state index < -0.39 is 21.7 Å². The Morgan fingerprint density at radius 3 is 2.62 bits per heavy atom. The highest BCUT2D eigenvalue weighted by Gasteiger charge is 2.37. The van der Waals surface area contributed by atoms with Gasteiger partial charge in [0.25, 0.3) is 10.0 Å². The van der Waals surface area contributed by atoms with Crippen molar-refractivity contribution in [3.8, 4) is 28.7 Å². The van der Waals surface area contributed by atoms with Gasteiger partial charge in [-0.15, -0.1) is 0 Å². The molecule has 2 heterocycles. The van der Waals surface area contributed by atoms with Crippen LogP contribution in [0.3, 0.4) is 0 Å². The van der Waals surface area contributed by atoms with Crippen molar-refractivity contribution in [2.45, 2.75) is 31.3 Å². The van der Waals surface area contributed by atoms with Crippen LogP contribution < -0.4 is 9.47 Å². The standard InChI is InChI=1S/C22H22N2O7S/c1-22(2,3)31-21(25)24-10-12-28-18-8-7-17(14-19(18)32(24,26)27)30-16-6-4-5-15(13-16)20-23-9-11-29-20/h4-9,11,13-14H,10,12H2,1-3H3. The van der Waals surface area contributed by atoms with Gasteiger partial charge in [-0.25, -0.2) is 18.2 Å². The van der Waals surface area contributed by atoms with E-state index in [4.69, 9.17) is 18.6 Å². The topological polar surface area (TPSA) is 108 Å². The fourth-order valence-electron chi connectivity index (χ4n) is 3.05. The number of benzene rings is 2. The maximum atomic E-state index is 13.2. The number of amides is 1. The van der Waals surface area contributed by atoms with Crippen LogP contribution in [0, 0.1) is 0 Å². The molecule has 0 bridgehead atoms. The van der Waals surface area contributed by atoms with Crippen LogP contribution in [-0.2, 0) is 14.8 Å². The fourth-order valence-corrected chi connectivity index (χ4v) is 4.48. The van der Waals surface area contributed by atoms with Crippen molar-refractivity contribution in [2.24, 2.45) is 0 Å². The Labute approximate surface area is 185 Å². The molecule has 0 saturated heterocycles. The molecule has 168 valence electrons. The minimum atomic E-state index is -4.22. The second-order valence-electron chi connectivity index (χ2n) is 7.98. The SMILES string of the molecule is CC(C)(C)OC(=O)N1CCOc2ccc(Oc3cccc(-c4ncco4)c3)cc2S1(=O)=O. The van der Waals surface area contributed by atoms with Crippen molar-refractivity contribution in [2.75, 3.05) is 13.2 Å². The number of rotatable bonds is 3. The molecule has 1 aromatic heterocycles. The van der Waals surface area contributed by atoms with E-state index in [9.17, 15) is 13.2 Å².